The van der Waals surface area contributed by atoms with Crippen LogP contribution in [0.1, 0.15) is 43.5 Å². The van der Waals surface area contributed by atoms with Crippen LogP contribution in [0.15, 0.2) is 48.5 Å². The molecule has 2 nitrogen and oxygen atoms in total. The van der Waals surface area contributed by atoms with Crippen molar-refractivity contribution in [3.63, 3.8) is 0 Å². The molecule has 116 valence electrons. The first-order valence-electron chi connectivity index (χ1n) is 7.91. The van der Waals surface area contributed by atoms with Crippen LogP contribution in [0.2, 0.25) is 0 Å². The minimum atomic E-state index is 0.238. The topological polar surface area (TPSA) is 26.3 Å². The lowest BCUT2D eigenvalue weighted by Crippen LogP contribution is -2.02. The van der Waals surface area contributed by atoms with Crippen molar-refractivity contribution >= 4 is 5.78 Å². The second-order valence-electron chi connectivity index (χ2n) is 5.78. The molecular formula is C20H24O2. The maximum Gasteiger partial charge on any atom is 0.162 e. The van der Waals surface area contributed by atoms with E-state index >= 15 is 0 Å². The molecule has 0 aliphatic heterocycles. The zero-order chi connectivity index (χ0) is 15.9. The number of hydrogen-bond acceptors (Lipinski definition) is 2. The molecule has 0 unspecified atom stereocenters. The second-order valence-corrected chi connectivity index (χ2v) is 5.78. The lowest BCUT2D eigenvalue weighted by Gasteiger charge is -2.08. The molecule has 22 heavy (non-hydrogen) atoms. The monoisotopic (exact) mass is 296 g/mol. The lowest BCUT2D eigenvalue weighted by molar-refractivity contribution is 0.0974. The summed E-state index contributed by atoms with van der Waals surface area (Å²) in [4.78, 5) is 12.2. The highest BCUT2D eigenvalue weighted by molar-refractivity contribution is 5.96. The normalized spacial score (nSPS) is 12.0. The maximum atomic E-state index is 12.2. The van der Waals surface area contributed by atoms with Crippen LogP contribution < -0.4 is 4.74 Å². The Hall–Kier alpha value is -2.09. The highest BCUT2D eigenvalue weighted by atomic mass is 16.5. The van der Waals surface area contributed by atoms with Gasteiger partial charge in [-0.1, -0.05) is 56.7 Å². The van der Waals surface area contributed by atoms with E-state index in [0.29, 0.717) is 12.3 Å². The highest BCUT2D eigenvalue weighted by Gasteiger charge is 2.08. The van der Waals surface area contributed by atoms with Gasteiger partial charge in [-0.3, -0.25) is 4.79 Å². The van der Waals surface area contributed by atoms with Crippen LogP contribution in [0.4, 0.5) is 0 Å². The Bertz CT molecular complexity index is 597. The first kappa shape index (κ1) is 16.3. The minimum absolute atomic E-state index is 0.238. The third-order valence-corrected chi connectivity index (χ3v) is 4.19. The van der Waals surface area contributed by atoms with Gasteiger partial charge in [-0.2, -0.15) is 0 Å². The van der Waals surface area contributed by atoms with Gasteiger partial charge in [0.25, 0.3) is 0 Å². The molecule has 0 saturated heterocycles. The summed E-state index contributed by atoms with van der Waals surface area (Å²) >= 11 is 0. The fraction of sp³-hybridized carbons (Fsp3) is 0.350. The summed E-state index contributed by atoms with van der Waals surface area (Å²) in [5.41, 5.74) is 3.04. The molecule has 2 aromatic carbocycles. The maximum absolute atomic E-state index is 12.2. The van der Waals surface area contributed by atoms with Gasteiger partial charge >= 0.3 is 0 Å². The number of benzene rings is 2. The summed E-state index contributed by atoms with van der Waals surface area (Å²) in [7, 11) is 1.66. The Labute approximate surface area is 133 Å². The lowest BCUT2D eigenvalue weighted by atomic mass is 9.97. The number of ether oxygens (including phenoxy) is 1. The quantitative estimate of drug-likeness (QED) is 0.642. The molecule has 2 aromatic rings. The molecule has 0 amide bonds. The fourth-order valence-corrected chi connectivity index (χ4v) is 2.36. The van der Waals surface area contributed by atoms with Crippen LogP contribution >= 0.6 is 0 Å². The molecule has 1 atom stereocenters. The average molecular weight is 296 g/mol. The van der Waals surface area contributed by atoms with Crippen LogP contribution in [0.3, 0.4) is 0 Å². The van der Waals surface area contributed by atoms with Crippen LogP contribution in [-0.2, 0) is 0 Å². The number of carbonyl (C=O) groups is 1. The third-order valence-electron chi connectivity index (χ3n) is 4.19. The number of ketones is 1. The van der Waals surface area contributed by atoms with E-state index in [0.717, 1.165) is 35.3 Å². The number of methoxy groups -OCH3 is 1. The molecule has 0 radical (unpaired) electrons. The molecule has 0 aliphatic carbocycles. The highest BCUT2D eigenvalue weighted by Crippen LogP contribution is 2.23. The predicted molar refractivity (Wildman–Crippen MR) is 91.4 cm³/mol. The van der Waals surface area contributed by atoms with Crippen LogP contribution in [0.5, 0.6) is 5.75 Å². The van der Waals surface area contributed by atoms with E-state index in [1.54, 1.807) is 7.11 Å². The van der Waals surface area contributed by atoms with Crippen molar-refractivity contribution in [2.75, 3.05) is 7.11 Å². The van der Waals surface area contributed by atoms with E-state index in [9.17, 15) is 4.79 Å². The Kier molecular flexibility index (Phi) is 5.76. The summed E-state index contributed by atoms with van der Waals surface area (Å²) in [6, 6.07) is 15.8. The van der Waals surface area contributed by atoms with Gasteiger partial charge in [-0.25, -0.2) is 0 Å². The van der Waals surface area contributed by atoms with E-state index < -0.39 is 0 Å². The van der Waals surface area contributed by atoms with E-state index in [4.69, 9.17) is 4.74 Å². The molecule has 2 rings (SSSR count). The van der Waals surface area contributed by atoms with Crippen LogP contribution in [-0.4, -0.2) is 12.9 Å². The van der Waals surface area contributed by atoms with Crippen LogP contribution in [0, 0.1) is 5.92 Å². The van der Waals surface area contributed by atoms with Gasteiger partial charge in [-0.05, 0) is 35.6 Å². The molecule has 0 bridgehead atoms. The summed E-state index contributed by atoms with van der Waals surface area (Å²) in [5.74, 6) is 1.70. The molecule has 2 heteroatoms. The van der Waals surface area contributed by atoms with Crippen molar-refractivity contribution in [2.24, 2.45) is 5.92 Å². The molecule has 0 saturated carbocycles. The summed E-state index contributed by atoms with van der Waals surface area (Å²) in [5, 5.41) is 0. The summed E-state index contributed by atoms with van der Waals surface area (Å²) < 4.78 is 5.17. The minimum Gasteiger partial charge on any atom is -0.497 e. The Morgan fingerprint density at radius 1 is 1.00 bits per heavy atom. The number of carbonyl (C=O) groups excluding carboxylic acids is 1. The van der Waals surface area contributed by atoms with Gasteiger partial charge in [0.2, 0.25) is 0 Å². The molecule has 0 aliphatic rings. The second kappa shape index (κ2) is 7.79. The summed E-state index contributed by atoms with van der Waals surface area (Å²) in [6.45, 7) is 4.36. The smallest absolute Gasteiger partial charge is 0.162 e. The average Bonchev–Trinajstić information content (AvgIpc) is 2.59. The van der Waals surface area contributed by atoms with Crippen molar-refractivity contribution in [1.29, 1.82) is 0 Å². The predicted octanol–water partition coefficient (Wildman–Crippen LogP) is 5.37. The van der Waals surface area contributed by atoms with Crippen molar-refractivity contribution in [1.82, 2.24) is 0 Å². The fourth-order valence-electron chi connectivity index (χ4n) is 2.36. The zero-order valence-electron chi connectivity index (χ0n) is 13.6. The first-order valence-corrected chi connectivity index (χ1v) is 7.91. The zero-order valence-corrected chi connectivity index (χ0v) is 13.6. The Balaban J connectivity index is 2.04. The molecule has 0 heterocycles. The van der Waals surface area contributed by atoms with Gasteiger partial charge in [0.15, 0.2) is 5.78 Å². The molecule has 0 fully saturated rings. The van der Waals surface area contributed by atoms with E-state index in [1.165, 1.54) is 0 Å². The SMILES string of the molecule is CC[C@H](C)CCC(=O)c1ccc(-c2ccc(OC)cc2)cc1. The molecular weight excluding hydrogens is 272 g/mol. The Morgan fingerprint density at radius 3 is 2.05 bits per heavy atom. The molecule has 0 N–H and O–H groups in total. The number of rotatable bonds is 7. The largest absolute Gasteiger partial charge is 0.497 e. The Morgan fingerprint density at radius 2 is 1.55 bits per heavy atom. The number of hydrogen-bond donors (Lipinski definition) is 0. The summed E-state index contributed by atoms with van der Waals surface area (Å²) in [6.07, 6.45) is 2.73. The van der Waals surface area contributed by atoms with Gasteiger partial charge in [-0.15, -0.1) is 0 Å². The molecule has 0 aromatic heterocycles. The van der Waals surface area contributed by atoms with Crippen molar-refractivity contribution in [3.05, 3.63) is 54.1 Å². The van der Waals surface area contributed by atoms with Crippen molar-refractivity contribution < 1.29 is 9.53 Å². The van der Waals surface area contributed by atoms with Gasteiger partial charge in [0, 0.05) is 12.0 Å². The van der Waals surface area contributed by atoms with Crippen LogP contribution in [0.25, 0.3) is 11.1 Å². The van der Waals surface area contributed by atoms with Gasteiger partial charge in [0.1, 0.15) is 5.75 Å². The standard InChI is InChI=1S/C20H24O2/c1-4-15(2)5-14-20(21)18-8-6-16(7-9-18)17-10-12-19(22-3)13-11-17/h6-13,15H,4-5,14H2,1-3H3/t15-/m0/s1. The van der Waals surface area contributed by atoms with Gasteiger partial charge < -0.3 is 4.74 Å². The molecule has 0 spiro atoms. The van der Waals surface area contributed by atoms with E-state index in [2.05, 4.69) is 13.8 Å². The number of Topliss-reactive ketones (excluding diaryl/α,β-unsaturated/α-hetero) is 1. The van der Waals surface area contributed by atoms with E-state index in [-0.39, 0.29) is 5.78 Å². The first-order chi connectivity index (χ1) is 10.6. The van der Waals surface area contributed by atoms with Crippen molar-refractivity contribution in [3.8, 4) is 16.9 Å². The third kappa shape index (κ3) is 4.20. The van der Waals surface area contributed by atoms with Gasteiger partial charge in [0.05, 0.1) is 7.11 Å². The van der Waals surface area contributed by atoms with Crippen molar-refractivity contribution in [2.45, 2.75) is 33.1 Å². The van der Waals surface area contributed by atoms with E-state index in [1.807, 2.05) is 48.5 Å².